The zero-order valence-corrected chi connectivity index (χ0v) is 18.3. The molecule has 0 unspecified atom stereocenters. The average Bonchev–Trinajstić information content (AvgIpc) is 0.722. The first kappa shape index (κ1) is 36.3. The van der Waals surface area contributed by atoms with Gasteiger partial charge in [-0.2, -0.15) is 0 Å². The molecule has 0 fully saturated rings. The Morgan fingerprint density at radius 1 is 0.500 bits per heavy atom. The fourth-order valence-electron chi connectivity index (χ4n) is 0. The van der Waals surface area contributed by atoms with Gasteiger partial charge in [-0.1, -0.05) is 0 Å². The van der Waals surface area contributed by atoms with Crippen LogP contribution in [0.5, 0.6) is 0 Å². The molecular formula is H4Na5O4Si+5. The van der Waals surface area contributed by atoms with Crippen molar-refractivity contribution in [2.24, 2.45) is 0 Å². The van der Waals surface area contributed by atoms with Gasteiger partial charge in [0.05, 0.1) is 0 Å². The Kier molecular flexibility index (Phi) is 71.1. The van der Waals surface area contributed by atoms with Crippen LogP contribution >= 0.6 is 0 Å². The van der Waals surface area contributed by atoms with Crippen molar-refractivity contribution in [3.63, 3.8) is 0 Å². The van der Waals surface area contributed by atoms with Crippen molar-refractivity contribution in [1.29, 1.82) is 0 Å². The molecule has 0 atom stereocenters. The summed E-state index contributed by atoms with van der Waals surface area (Å²) in [7, 11) is -4.61. The minimum atomic E-state index is -4.61. The number of rotatable bonds is 0. The molecule has 0 aliphatic carbocycles. The maximum absolute atomic E-state index is 7.33. The van der Waals surface area contributed by atoms with Gasteiger partial charge in [-0.25, -0.2) is 0 Å². The Balaban J connectivity index is -0.00000000800. The Bertz CT molecular complexity index is 29.1. The molecule has 4 nitrogen and oxygen atoms in total. The van der Waals surface area contributed by atoms with Gasteiger partial charge < -0.3 is 19.2 Å². The SMILES string of the molecule is O[Si](O)(O)O.[Na+].[Na+].[Na+].[Na+].[Na+]. The van der Waals surface area contributed by atoms with E-state index in [0.717, 1.165) is 0 Å². The average molecular weight is 211 g/mol. The van der Waals surface area contributed by atoms with E-state index < -0.39 is 9.05 Å². The fraction of sp³-hybridized carbons (Fsp3) is 0. The maximum Gasteiger partial charge on any atom is 1.00 e. The van der Waals surface area contributed by atoms with Crippen molar-refractivity contribution in [2.45, 2.75) is 0 Å². The summed E-state index contributed by atoms with van der Waals surface area (Å²) in [6.07, 6.45) is 0. The molecule has 0 bridgehead atoms. The molecule has 0 aromatic rings. The van der Waals surface area contributed by atoms with Gasteiger partial charge in [0.15, 0.2) is 0 Å². The van der Waals surface area contributed by atoms with E-state index in [0.29, 0.717) is 0 Å². The molecule has 10 heteroatoms. The second-order valence-corrected chi connectivity index (χ2v) is 1.80. The summed E-state index contributed by atoms with van der Waals surface area (Å²) in [6, 6.07) is 0. The molecule has 0 spiro atoms. The van der Waals surface area contributed by atoms with Crippen LogP contribution in [0, 0.1) is 0 Å². The van der Waals surface area contributed by atoms with E-state index >= 15 is 0 Å². The van der Waals surface area contributed by atoms with Crippen LogP contribution in [0.15, 0.2) is 0 Å². The Hall–Kier alpha value is 5.06. The minimum Gasteiger partial charge on any atom is -0.368 e. The first-order valence-electron chi connectivity index (χ1n) is 0.894. The fourth-order valence-corrected chi connectivity index (χ4v) is 0. The van der Waals surface area contributed by atoms with Crippen LogP contribution in [0.4, 0.5) is 0 Å². The van der Waals surface area contributed by atoms with Crippen molar-refractivity contribution in [3.8, 4) is 0 Å². The van der Waals surface area contributed by atoms with Gasteiger partial charge in [0, 0.05) is 0 Å². The van der Waals surface area contributed by atoms with Crippen LogP contribution in [0.3, 0.4) is 0 Å². The van der Waals surface area contributed by atoms with Gasteiger partial charge in [0.1, 0.15) is 0 Å². The quantitative estimate of drug-likeness (QED) is 0.300. The largest absolute Gasteiger partial charge is 1.00 e. The summed E-state index contributed by atoms with van der Waals surface area (Å²) in [5.74, 6) is 0. The maximum atomic E-state index is 7.33. The Morgan fingerprint density at radius 2 is 0.500 bits per heavy atom. The van der Waals surface area contributed by atoms with Crippen molar-refractivity contribution in [1.82, 2.24) is 0 Å². The zero-order valence-electron chi connectivity index (χ0n) is 7.29. The molecule has 4 N–H and O–H groups in total. The summed E-state index contributed by atoms with van der Waals surface area (Å²) in [6.45, 7) is 0. The van der Waals surface area contributed by atoms with Crippen molar-refractivity contribution < 1.29 is 167 Å². The van der Waals surface area contributed by atoms with Crippen LogP contribution < -0.4 is 148 Å². The predicted octanol–water partition coefficient (Wildman–Crippen LogP) is -17.6. The van der Waals surface area contributed by atoms with Crippen molar-refractivity contribution >= 4 is 9.05 Å². The predicted molar refractivity (Wildman–Crippen MR) is 14.6 cm³/mol. The molecule has 0 aromatic carbocycles. The third-order valence-electron chi connectivity index (χ3n) is 0. The van der Waals surface area contributed by atoms with Gasteiger partial charge in [0.25, 0.3) is 0 Å². The topological polar surface area (TPSA) is 80.9 Å². The molecule has 0 heterocycles. The molecule has 0 saturated heterocycles. The molecule has 0 rings (SSSR count). The summed E-state index contributed by atoms with van der Waals surface area (Å²) in [5, 5.41) is 0. The molecule has 0 saturated carbocycles. The molecule has 0 radical (unpaired) electrons. The second-order valence-electron chi connectivity index (χ2n) is 0.600. The molecule has 10 heavy (non-hydrogen) atoms. The molecule has 0 aliphatic rings. The van der Waals surface area contributed by atoms with Crippen LogP contribution in [0.2, 0.25) is 0 Å². The van der Waals surface area contributed by atoms with Crippen molar-refractivity contribution in [2.75, 3.05) is 0 Å². The van der Waals surface area contributed by atoms with E-state index in [1.807, 2.05) is 0 Å². The normalized spacial score (nSPS) is 6.00. The van der Waals surface area contributed by atoms with E-state index in [9.17, 15) is 0 Å². The smallest absolute Gasteiger partial charge is 0.368 e. The third-order valence-corrected chi connectivity index (χ3v) is 0. The first-order chi connectivity index (χ1) is 2.00. The summed E-state index contributed by atoms with van der Waals surface area (Å²) in [5.41, 5.74) is 0. The van der Waals surface area contributed by atoms with E-state index in [1.54, 1.807) is 0 Å². The zero-order chi connectivity index (χ0) is 4.50. The van der Waals surface area contributed by atoms with Crippen LogP contribution in [-0.2, 0) is 0 Å². The third kappa shape index (κ3) is 74.2. The van der Waals surface area contributed by atoms with Crippen LogP contribution in [-0.4, -0.2) is 28.2 Å². The van der Waals surface area contributed by atoms with Crippen LogP contribution in [0.25, 0.3) is 0 Å². The molecule has 0 aromatic heterocycles. The van der Waals surface area contributed by atoms with E-state index in [4.69, 9.17) is 19.2 Å². The van der Waals surface area contributed by atoms with Crippen LogP contribution in [0.1, 0.15) is 0 Å². The standard InChI is InChI=1S/5Na.H4O4Si/c;;;;;1-5(2,3)4/h;;;;;1-4H/q5*+1;. The number of hydrogen-bond acceptors (Lipinski definition) is 4. The van der Waals surface area contributed by atoms with E-state index in [-0.39, 0.29) is 148 Å². The first-order valence-corrected chi connectivity index (χ1v) is 2.68. The summed E-state index contributed by atoms with van der Waals surface area (Å²) < 4.78 is 0. The van der Waals surface area contributed by atoms with Gasteiger partial charge in [-0.05, 0) is 0 Å². The van der Waals surface area contributed by atoms with Gasteiger partial charge in [-0.15, -0.1) is 0 Å². The summed E-state index contributed by atoms with van der Waals surface area (Å²) in [4.78, 5) is 29.3. The number of hydrogen-bond donors (Lipinski definition) is 4. The second kappa shape index (κ2) is 19.6. The molecular weight excluding hydrogens is 207 g/mol. The molecule has 32 valence electrons. The Morgan fingerprint density at radius 3 is 0.500 bits per heavy atom. The van der Waals surface area contributed by atoms with E-state index in [1.165, 1.54) is 0 Å². The Labute approximate surface area is 171 Å². The van der Waals surface area contributed by atoms with E-state index in [2.05, 4.69) is 0 Å². The van der Waals surface area contributed by atoms with Gasteiger partial charge >= 0.3 is 157 Å². The minimum absolute atomic E-state index is 0. The van der Waals surface area contributed by atoms with Crippen molar-refractivity contribution in [3.05, 3.63) is 0 Å². The monoisotopic (exact) mass is 211 g/mol. The molecule has 0 amide bonds. The summed E-state index contributed by atoms with van der Waals surface area (Å²) >= 11 is 0. The van der Waals surface area contributed by atoms with Gasteiger partial charge in [-0.3, -0.25) is 0 Å². The molecule has 0 aliphatic heterocycles. The van der Waals surface area contributed by atoms with Gasteiger partial charge in [0.2, 0.25) is 0 Å².